The van der Waals surface area contributed by atoms with Gasteiger partial charge in [-0.3, -0.25) is 0 Å². The predicted octanol–water partition coefficient (Wildman–Crippen LogP) is 2.91. The first-order chi connectivity index (χ1) is 7.03. The third-order valence-corrected chi connectivity index (χ3v) is 2.81. The molecule has 2 rings (SSSR count). The molecule has 1 aromatic carbocycles. The summed E-state index contributed by atoms with van der Waals surface area (Å²) in [6.07, 6.45) is -3.36. The highest BCUT2D eigenvalue weighted by molar-refractivity contribution is 5.33. The van der Waals surface area contributed by atoms with Gasteiger partial charge in [0, 0.05) is 5.54 Å². The van der Waals surface area contributed by atoms with Crippen LogP contribution in [0.15, 0.2) is 24.3 Å². The lowest BCUT2D eigenvalue weighted by Gasteiger charge is -2.11. The van der Waals surface area contributed by atoms with Gasteiger partial charge in [-0.15, -0.1) is 0 Å². The second-order valence-electron chi connectivity index (χ2n) is 4.01. The first-order valence-corrected chi connectivity index (χ1v) is 4.84. The molecule has 1 atom stereocenters. The van der Waals surface area contributed by atoms with Crippen molar-refractivity contribution in [2.75, 3.05) is 0 Å². The molecule has 15 heavy (non-hydrogen) atoms. The SMILES string of the molecule is NC1(c2ccc(C(F)C(F)F)cc2)CC1. The van der Waals surface area contributed by atoms with Crippen molar-refractivity contribution in [3.8, 4) is 0 Å². The summed E-state index contributed by atoms with van der Waals surface area (Å²) >= 11 is 0. The Morgan fingerprint density at radius 1 is 1.07 bits per heavy atom. The molecule has 0 spiro atoms. The lowest BCUT2D eigenvalue weighted by molar-refractivity contribution is 0.0495. The van der Waals surface area contributed by atoms with Gasteiger partial charge < -0.3 is 5.73 Å². The Hall–Kier alpha value is -1.03. The van der Waals surface area contributed by atoms with Crippen LogP contribution in [0, 0.1) is 0 Å². The fourth-order valence-corrected chi connectivity index (χ4v) is 1.57. The summed E-state index contributed by atoms with van der Waals surface area (Å²) in [5, 5.41) is 0. The average Bonchev–Trinajstić information content (AvgIpc) is 2.97. The number of hydrogen-bond donors (Lipinski definition) is 1. The molecule has 0 aliphatic heterocycles. The molecule has 1 aliphatic carbocycles. The molecule has 1 aliphatic rings. The van der Waals surface area contributed by atoms with Gasteiger partial charge in [-0.1, -0.05) is 24.3 Å². The van der Waals surface area contributed by atoms with Crippen molar-refractivity contribution in [3.05, 3.63) is 35.4 Å². The minimum Gasteiger partial charge on any atom is -0.321 e. The minimum atomic E-state index is -2.97. The van der Waals surface area contributed by atoms with E-state index < -0.39 is 12.6 Å². The van der Waals surface area contributed by atoms with Crippen molar-refractivity contribution in [2.24, 2.45) is 5.73 Å². The van der Waals surface area contributed by atoms with Crippen molar-refractivity contribution in [2.45, 2.75) is 31.0 Å². The number of halogens is 3. The molecule has 82 valence electrons. The van der Waals surface area contributed by atoms with E-state index >= 15 is 0 Å². The summed E-state index contributed by atoms with van der Waals surface area (Å²) in [5.74, 6) is 0. The Morgan fingerprint density at radius 3 is 2.00 bits per heavy atom. The van der Waals surface area contributed by atoms with Crippen LogP contribution < -0.4 is 5.73 Å². The maximum Gasteiger partial charge on any atom is 0.273 e. The van der Waals surface area contributed by atoms with E-state index in [1.54, 1.807) is 12.1 Å². The molecule has 0 heterocycles. The van der Waals surface area contributed by atoms with Gasteiger partial charge in [0.15, 0.2) is 6.17 Å². The van der Waals surface area contributed by atoms with Gasteiger partial charge in [-0.25, -0.2) is 13.2 Å². The van der Waals surface area contributed by atoms with E-state index in [4.69, 9.17) is 5.73 Å². The maximum atomic E-state index is 12.9. The quantitative estimate of drug-likeness (QED) is 0.824. The zero-order valence-corrected chi connectivity index (χ0v) is 8.09. The molecule has 0 saturated heterocycles. The van der Waals surface area contributed by atoms with Gasteiger partial charge in [0.2, 0.25) is 0 Å². The number of nitrogens with two attached hydrogens (primary N) is 1. The summed E-state index contributed by atoms with van der Waals surface area (Å²) in [5.41, 5.74) is 6.52. The molecule has 2 N–H and O–H groups in total. The summed E-state index contributed by atoms with van der Waals surface area (Å²) < 4.78 is 37.0. The highest BCUT2D eigenvalue weighted by Gasteiger charge is 2.39. The molecule has 1 nitrogen and oxygen atoms in total. The largest absolute Gasteiger partial charge is 0.321 e. The van der Waals surface area contributed by atoms with Gasteiger partial charge in [-0.05, 0) is 24.0 Å². The lowest BCUT2D eigenvalue weighted by Crippen LogP contribution is -2.18. The molecule has 1 saturated carbocycles. The number of benzene rings is 1. The van der Waals surface area contributed by atoms with Crippen molar-refractivity contribution in [1.29, 1.82) is 0 Å². The summed E-state index contributed by atoms with van der Waals surface area (Å²) in [6.45, 7) is 0. The second-order valence-corrected chi connectivity index (χ2v) is 4.01. The van der Waals surface area contributed by atoms with E-state index in [1.165, 1.54) is 12.1 Å². The van der Waals surface area contributed by atoms with Gasteiger partial charge in [-0.2, -0.15) is 0 Å². The van der Waals surface area contributed by atoms with E-state index in [2.05, 4.69) is 0 Å². The van der Waals surface area contributed by atoms with Crippen LogP contribution in [0.3, 0.4) is 0 Å². The smallest absolute Gasteiger partial charge is 0.273 e. The van der Waals surface area contributed by atoms with Crippen molar-refractivity contribution >= 4 is 0 Å². The zero-order valence-electron chi connectivity index (χ0n) is 8.09. The van der Waals surface area contributed by atoms with E-state index in [1.807, 2.05) is 0 Å². The summed E-state index contributed by atoms with van der Waals surface area (Å²) in [4.78, 5) is 0. The molecule has 1 aromatic rings. The molecule has 0 radical (unpaired) electrons. The van der Waals surface area contributed by atoms with Crippen LogP contribution in [0.4, 0.5) is 13.2 Å². The molecule has 0 amide bonds. The van der Waals surface area contributed by atoms with Crippen LogP contribution in [-0.4, -0.2) is 6.43 Å². The van der Waals surface area contributed by atoms with E-state index in [9.17, 15) is 13.2 Å². The standard InChI is InChI=1S/C11H12F3N/c12-9(10(13)14)7-1-3-8(4-2-7)11(15)5-6-11/h1-4,9-10H,5-6,15H2. The molecular weight excluding hydrogens is 203 g/mol. The first-order valence-electron chi connectivity index (χ1n) is 4.84. The molecule has 1 fully saturated rings. The Kier molecular flexibility index (Phi) is 2.46. The van der Waals surface area contributed by atoms with Crippen molar-refractivity contribution in [3.63, 3.8) is 0 Å². The van der Waals surface area contributed by atoms with E-state index in [-0.39, 0.29) is 11.1 Å². The average molecular weight is 215 g/mol. The fourth-order valence-electron chi connectivity index (χ4n) is 1.57. The molecule has 0 bridgehead atoms. The third kappa shape index (κ3) is 2.00. The number of hydrogen-bond acceptors (Lipinski definition) is 1. The van der Waals surface area contributed by atoms with Gasteiger partial charge in [0.25, 0.3) is 6.43 Å². The van der Waals surface area contributed by atoms with Gasteiger partial charge >= 0.3 is 0 Å². The van der Waals surface area contributed by atoms with E-state index in [0.717, 1.165) is 18.4 Å². The summed E-state index contributed by atoms with van der Waals surface area (Å²) in [7, 11) is 0. The van der Waals surface area contributed by atoms with Crippen molar-refractivity contribution in [1.82, 2.24) is 0 Å². The van der Waals surface area contributed by atoms with Gasteiger partial charge in [0.1, 0.15) is 0 Å². The molecule has 0 aromatic heterocycles. The summed E-state index contributed by atoms with van der Waals surface area (Å²) in [6, 6.07) is 6.05. The Balaban J connectivity index is 2.17. The zero-order chi connectivity index (χ0) is 11.1. The topological polar surface area (TPSA) is 26.0 Å². The minimum absolute atomic E-state index is 0.0120. The number of alkyl halides is 3. The second kappa shape index (κ2) is 3.52. The first kappa shape index (κ1) is 10.5. The van der Waals surface area contributed by atoms with Crippen LogP contribution in [-0.2, 0) is 5.54 Å². The molecule has 1 unspecified atom stereocenters. The Labute approximate surface area is 86.1 Å². The third-order valence-electron chi connectivity index (χ3n) is 2.81. The maximum absolute atomic E-state index is 12.9. The van der Waals surface area contributed by atoms with Crippen LogP contribution in [0.25, 0.3) is 0 Å². The lowest BCUT2D eigenvalue weighted by atomic mass is 10.0. The van der Waals surface area contributed by atoms with Crippen LogP contribution >= 0.6 is 0 Å². The van der Waals surface area contributed by atoms with Crippen LogP contribution in [0.1, 0.15) is 30.1 Å². The van der Waals surface area contributed by atoms with Crippen LogP contribution in [0.2, 0.25) is 0 Å². The highest BCUT2D eigenvalue weighted by Crippen LogP contribution is 2.42. The molecular formula is C11H12F3N. The molecule has 4 heteroatoms. The van der Waals surface area contributed by atoms with Crippen LogP contribution in [0.5, 0.6) is 0 Å². The number of rotatable bonds is 3. The highest BCUT2D eigenvalue weighted by atomic mass is 19.3. The Morgan fingerprint density at radius 2 is 1.60 bits per heavy atom. The van der Waals surface area contributed by atoms with Crippen molar-refractivity contribution < 1.29 is 13.2 Å². The monoisotopic (exact) mass is 215 g/mol. The predicted molar refractivity (Wildman–Crippen MR) is 51.4 cm³/mol. The fraction of sp³-hybridized carbons (Fsp3) is 0.455. The van der Waals surface area contributed by atoms with Gasteiger partial charge in [0.05, 0.1) is 0 Å². The Bertz CT molecular complexity index is 343. The van der Waals surface area contributed by atoms with E-state index in [0.29, 0.717) is 0 Å². The normalized spacial score (nSPS) is 20.3.